The fraction of sp³-hybridized carbons (Fsp3) is 0.409. The van der Waals surface area contributed by atoms with Crippen LogP contribution in [0.3, 0.4) is 0 Å². The summed E-state index contributed by atoms with van der Waals surface area (Å²) in [7, 11) is 1.50. The molecule has 2 aromatic rings. The monoisotopic (exact) mass is 386 g/mol. The van der Waals surface area contributed by atoms with E-state index in [0.29, 0.717) is 35.0 Å². The fourth-order valence-corrected chi connectivity index (χ4v) is 3.38. The van der Waals surface area contributed by atoms with Gasteiger partial charge >= 0.3 is 0 Å². The molecular formula is C22H27FN2O3. The molecule has 0 bridgehead atoms. The third kappa shape index (κ3) is 5.09. The van der Waals surface area contributed by atoms with Gasteiger partial charge in [0.1, 0.15) is 11.6 Å². The lowest BCUT2D eigenvalue weighted by atomic mass is 10.0. The van der Waals surface area contributed by atoms with Gasteiger partial charge in [0.05, 0.1) is 20.3 Å². The second-order valence-electron chi connectivity index (χ2n) is 6.97. The Morgan fingerprint density at radius 1 is 1.25 bits per heavy atom. The van der Waals surface area contributed by atoms with Gasteiger partial charge in [0.15, 0.2) is 0 Å². The van der Waals surface area contributed by atoms with Gasteiger partial charge in [0.2, 0.25) is 0 Å². The van der Waals surface area contributed by atoms with E-state index in [1.807, 2.05) is 0 Å². The van der Waals surface area contributed by atoms with Crippen LogP contribution in [0.1, 0.15) is 23.7 Å². The summed E-state index contributed by atoms with van der Waals surface area (Å²) in [6, 6.07) is 12.1. The Bertz CT molecular complexity index is 806. The van der Waals surface area contributed by atoms with Crippen LogP contribution < -0.4 is 10.1 Å². The highest BCUT2D eigenvalue weighted by Crippen LogP contribution is 2.26. The average Bonchev–Trinajstić information content (AvgIpc) is 2.74. The first-order chi connectivity index (χ1) is 13.6. The van der Waals surface area contributed by atoms with Gasteiger partial charge in [-0.05, 0) is 43.2 Å². The predicted molar refractivity (Wildman–Crippen MR) is 107 cm³/mol. The van der Waals surface area contributed by atoms with Crippen molar-refractivity contribution in [2.75, 3.05) is 40.0 Å². The molecule has 0 aliphatic carbocycles. The number of halogens is 1. The summed E-state index contributed by atoms with van der Waals surface area (Å²) in [6.07, 6.45) is 0.874. The van der Waals surface area contributed by atoms with Gasteiger partial charge in [-0.15, -0.1) is 0 Å². The van der Waals surface area contributed by atoms with Crippen LogP contribution in [-0.2, 0) is 4.74 Å². The van der Waals surface area contributed by atoms with Crippen LogP contribution in [-0.4, -0.2) is 56.8 Å². The number of hydrogen-bond acceptors (Lipinski definition) is 4. The third-order valence-electron chi connectivity index (χ3n) is 5.13. The van der Waals surface area contributed by atoms with E-state index < -0.39 is 0 Å². The standard InChI is InChI=1S/C22H27FN2O3/c1-16(25-10-12-28-13-11-25)8-9-24-22(26)18-5-3-4-17(14-18)20-7-6-19(27-2)15-21(20)23/h3-7,14-16H,8-13H2,1-2H3,(H,24,26). The number of rotatable bonds is 7. The van der Waals surface area contributed by atoms with Crippen LogP contribution in [0.25, 0.3) is 11.1 Å². The number of carbonyl (C=O) groups excluding carboxylic acids is 1. The second kappa shape index (κ2) is 9.66. The third-order valence-corrected chi connectivity index (χ3v) is 5.13. The number of ether oxygens (including phenoxy) is 2. The second-order valence-corrected chi connectivity index (χ2v) is 6.97. The van der Waals surface area contributed by atoms with Crippen molar-refractivity contribution in [3.05, 3.63) is 53.8 Å². The quantitative estimate of drug-likeness (QED) is 0.793. The number of carbonyl (C=O) groups is 1. The summed E-state index contributed by atoms with van der Waals surface area (Å²) in [4.78, 5) is 14.9. The molecule has 1 saturated heterocycles. The molecule has 2 aromatic carbocycles. The van der Waals surface area contributed by atoms with Crippen LogP contribution in [0.5, 0.6) is 5.75 Å². The van der Waals surface area contributed by atoms with Crippen molar-refractivity contribution in [3.63, 3.8) is 0 Å². The zero-order chi connectivity index (χ0) is 19.9. The van der Waals surface area contributed by atoms with E-state index in [4.69, 9.17) is 9.47 Å². The Morgan fingerprint density at radius 3 is 2.75 bits per heavy atom. The van der Waals surface area contributed by atoms with Crippen molar-refractivity contribution in [3.8, 4) is 16.9 Å². The Morgan fingerprint density at radius 2 is 2.04 bits per heavy atom. The Balaban J connectivity index is 1.59. The van der Waals surface area contributed by atoms with E-state index in [1.165, 1.54) is 13.2 Å². The van der Waals surface area contributed by atoms with Crippen molar-refractivity contribution in [1.82, 2.24) is 10.2 Å². The lowest BCUT2D eigenvalue weighted by Crippen LogP contribution is -2.43. The molecule has 0 aromatic heterocycles. The maximum absolute atomic E-state index is 14.3. The lowest BCUT2D eigenvalue weighted by Gasteiger charge is -2.32. The minimum atomic E-state index is -0.378. The van der Waals surface area contributed by atoms with Gasteiger partial charge in [-0.2, -0.15) is 0 Å². The summed E-state index contributed by atoms with van der Waals surface area (Å²) < 4.78 is 24.7. The molecule has 1 heterocycles. The fourth-order valence-electron chi connectivity index (χ4n) is 3.38. The number of benzene rings is 2. The van der Waals surface area contributed by atoms with Gasteiger partial charge < -0.3 is 14.8 Å². The largest absolute Gasteiger partial charge is 0.497 e. The molecule has 0 saturated carbocycles. The van der Waals surface area contributed by atoms with E-state index in [9.17, 15) is 9.18 Å². The number of amides is 1. The van der Waals surface area contributed by atoms with Crippen molar-refractivity contribution < 1.29 is 18.7 Å². The Hall–Kier alpha value is -2.44. The SMILES string of the molecule is COc1ccc(-c2cccc(C(=O)NCCC(C)N3CCOCC3)c2)c(F)c1. The maximum Gasteiger partial charge on any atom is 0.251 e. The maximum atomic E-state index is 14.3. The van der Waals surface area contributed by atoms with Crippen LogP contribution in [0.15, 0.2) is 42.5 Å². The summed E-state index contributed by atoms with van der Waals surface area (Å²) >= 11 is 0. The van der Waals surface area contributed by atoms with Crippen LogP contribution in [0.2, 0.25) is 0 Å². The first kappa shape index (κ1) is 20.3. The average molecular weight is 386 g/mol. The number of hydrogen-bond donors (Lipinski definition) is 1. The number of methoxy groups -OCH3 is 1. The topological polar surface area (TPSA) is 50.8 Å². The minimum Gasteiger partial charge on any atom is -0.497 e. The van der Waals surface area contributed by atoms with Crippen LogP contribution in [0.4, 0.5) is 4.39 Å². The molecule has 150 valence electrons. The van der Waals surface area contributed by atoms with Crippen LogP contribution >= 0.6 is 0 Å². The summed E-state index contributed by atoms with van der Waals surface area (Å²) in [5.74, 6) is -0.0641. The van der Waals surface area contributed by atoms with Gasteiger partial charge in [0, 0.05) is 42.9 Å². The molecule has 5 nitrogen and oxygen atoms in total. The molecule has 28 heavy (non-hydrogen) atoms. The molecule has 6 heteroatoms. The van der Waals surface area contributed by atoms with Crippen molar-refractivity contribution in [2.24, 2.45) is 0 Å². The summed E-state index contributed by atoms with van der Waals surface area (Å²) in [5.41, 5.74) is 1.62. The molecule has 1 unspecified atom stereocenters. The molecule has 1 N–H and O–H groups in total. The number of morpholine rings is 1. The first-order valence-electron chi connectivity index (χ1n) is 9.62. The van der Waals surface area contributed by atoms with Gasteiger partial charge in [-0.1, -0.05) is 12.1 Å². The number of nitrogens with zero attached hydrogens (tertiary/aromatic N) is 1. The molecule has 1 aliphatic heterocycles. The first-order valence-corrected chi connectivity index (χ1v) is 9.62. The molecule has 1 aliphatic rings. The Labute approximate surface area is 165 Å². The highest BCUT2D eigenvalue weighted by atomic mass is 19.1. The summed E-state index contributed by atoms with van der Waals surface area (Å²) in [6.45, 7) is 6.18. The van der Waals surface area contributed by atoms with Crippen molar-refractivity contribution >= 4 is 5.91 Å². The minimum absolute atomic E-state index is 0.148. The van der Waals surface area contributed by atoms with E-state index in [-0.39, 0.29) is 11.7 Å². The Kier molecular flexibility index (Phi) is 7.01. The van der Waals surface area contributed by atoms with Gasteiger partial charge in [-0.3, -0.25) is 9.69 Å². The molecule has 1 amide bonds. The smallest absolute Gasteiger partial charge is 0.251 e. The van der Waals surface area contributed by atoms with E-state index in [1.54, 1.807) is 36.4 Å². The van der Waals surface area contributed by atoms with E-state index in [0.717, 1.165) is 32.7 Å². The molecule has 1 atom stereocenters. The predicted octanol–water partition coefficient (Wildman–Crippen LogP) is 3.34. The van der Waals surface area contributed by atoms with Crippen molar-refractivity contribution in [2.45, 2.75) is 19.4 Å². The molecular weight excluding hydrogens is 359 g/mol. The zero-order valence-electron chi connectivity index (χ0n) is 16.4. The van der Waals surface area contributed by atoms with Crippen LogP contribution in [0, 0.1) is 5.82 Å². The zero-order valence-corrected chi connectivity index (χ0v) is 16.4. The lowest BCUT2D eigenvalue weighted by molar-refractivity contribution is 0.0187. The van der Waals surface area contributed by atoms with Gasteiger partial charge in [-0.25, -0.2) is 4.39 Å². The number of nitrogens with one attached hydrogen (secondary N) is 1. The molecule has 0 spiro atoms. The molecule has 0 radical (unpaired) electrons. The van der Waals surface area contributed by atoms with Crippen molar-refractivity contribution in [1.29, 1.82) is 0 Å². The highest BCUT2D eigenvalue weighted by molar-refractivity contribution is 5.95. The normalized spacial score (nSPS) is 15.8. The molecule has 1 fully saturated rings. The van der Waals surface area contributed by atoms with E-state index >= 15 is 0 Å². The van der Waals surface area contributed by atoms with Gasteiger partial charge in [0.25, 0.3) is 5.91 Å². The summed E-state index contributed by atoms with van der Waals surface area (Å²) in [5, 5.41) is 2.97. The van der Waals surface area contributed by atoms with E-state index in [2.05, 4.69) is 17.1 Å². The highest BCUT2D eigenvalue weighted by Gasteiger charge is 2.17. The molecule has 3 rings (SSSR count).